The van der Waals surface area contributed by atoms with Crippen LogP contribution in [0.1, 0.15) is 0 Å². The molecule has 0 saturated carbocycles. The van der Waals surface area contributed by atoms with E-state index in [0.29, 0.717) is 5.82 Å². The zero-order valence-electron chi connectivity index (χ0n) is 23.6. The summed E-state index contributed by atoms with van der Waals surface area (Å²) in [6.45, 7) is 0. The zero-order valence-corrected chi connectivity index (χ0v) is 23.6. The predicted octanol–water partition coefficient (Wildman–Crippen LogP) is 10.9. The standard InChI is InChI=1S/C40H25FN2O/c41-33-18-15-26(16-19-33)30-21-31(29-17-20-39-35(24-29)34-13-7-8-14-38(34)44-39)23-32(22-30)37-25-36(27-9-3-1-4-10-27)42-40(43-37)28-11-5-2-6-12-28/h1-25H. The molecule has 44 heavy (non-hydrogen) atoms. The first-order chi connectivity index (χ1) is 21.7. The van der Waals surface area contributed by atoms with Crippen molar-refractivity contribution in [2.45, 2.75) is 0 Å². The van der Waals surface area contributed by atoms with Crippen molar-refractivity contribution in [3.05, 3.63) is 157 Å². The molecule has 8 aromatic rings. The fourth-order valence-corrected chi connectivity index (χ4v) is 5.73. The van der Waals surface area contributed by atoms with Gasteiger partial charge in [0, 0.05) is 27.5 Å². The number of furan rings is 1. The van der Waals surface area contributed by atoms with Gasteiger partial charge in [0.2, 0.25) is 0 Å². The van der Waals surface area contributed by atoms with E-state index in [2.05, 4.69) is 48.5 Å². The molecular formula is C40H25FN2O. The quantitative estimate of drug-likeness (QED) is 0.207. The Morgan fingerprint density at radius 2 is 0.955 bits per heavy atom. The number of fused-ring (bicyclic) bond motifs is 3. The highest BCUT2D eigenvalue weighted by Gasteiger charge is 2.15. The summed E-state index contributed by atoms with van der Waals surface area (Å²) in [5.74, 6) is 0.389. The second-order valence-corrected chi connectivity index (χ2v) is 10.8. The Labute approximate surface area is 253 Å². The van der Waals surface area contributed by atoms with Gasteiger partial charge in [-0.25, -0.2) is 14.4 Å². The van der Waals surface area contributed by atoms with E-state index >= 15 is 0 Å². The van der Waals surface area contributed by atoms with E-state index in [4.69, 9.17) is 14.4 Å². The summed E-state index contributed by atoms with van der Waals surface area (Å²) in [5.41, 5.74) is 10.2. The van der Waals surface area contributed by atoms with E-state index in [0.717, 1.165) is 72.3 Å². The highest BCUT2D eigenvalue weighted by atomic mass is 19.1. The molecule has 0 amide bonds. The molecule has 2 aromatic heterocycles. The first-order valence-electron chi connectivity index (χ1n) is 14.5. The normalized spacial score (nSPS) is 11.3. The molecule has 0 unspecified atom stereocenters. The first-order valence-corrected chi connectivity index (χ1v) is 14.5. The van der Waals surface area contributed by atoms with Crippen LogP contribution < -0.4 is 0 Å². The van der Waals surface area contributed by atoms with Gasteiger partial charge >= 0.3 is 0 Å². The van der Waals surface area contributed by atoms with Gasteiger partial charge in [-0.15, -0.1) is 0 Å². The fraction of sp³-hybridized carbons (Fsp3) is 0. The van der Waals surface area contributed by atoms with Gasteiger partial charge in [-0.1, -0.05) is 97.1 Å². The molecule has 4 heteroatoms. The van der Waals surface area contributed by atoms with Crippen molar-refractivity contribution < 1.29 is 8.81 Å². The van der Waals surface area contributed by atoms with Gasteiger partial charge in [0.15, 0.2) is 5.82 Å². The Morgan fingerprint density at radius 1 is 0.386 bits per heavy atom. The van der Waals surface area contributed by atoms with Gasteiger partial charge in [0.05, 0.1) is 11.4 Å². The number of benzene rings is 6. The second-order valence-electron chi connectivity index (χ2n) is 10.8. The van der Waals surface area contributed by atoms with Gasteiger partial charge in [-0.2, -0.15) is 0 Å². The number of aromatic nitrogens is 2. The molecule has 3 nitrogen and oxygen atoms in total. The third kappa shape index (κ3) is 4.83. The Bertz CT molecular complexity index is 2220. The largest absolute Gasteiger partial charge is 0.456 e. The van der Waals surface area contributed by atoms with Crippen LogP contribution in [0.2, 0.25) is 0 Å². The smallest absolute Gasteiger partial charge is 0.160 e. The van der Waals surface area contributed by atoms with Crippen molar-refractivity contribution in [1.29, 1.82) is 0 Å². The van der Waals surface area contributed by atoms with Crippen molar-refractivity contribution in [2.75, 3.05) is 0 Å². The van der Waals surface area contributed by atoms with Gasteiger partial charge in [0.1, 0.15) is 17.0 Å². The maximum atomic E-state index is 13.9. The Morgan fingerprint density at radius 3 is 1.70 bits per heavy atom. The van der Waals surface area contributed by atoms with Crippen molar-refractivity contribution in [3.63, 3.8) is 0 Å². The molecular weight excluding hydrogens is 543 g/mol. The second kappa shape index (κ2) is 10.8. The predicted molar refractivity (Wildman–Crippen MR) is 176 cm³/mol. The average molecular weight is 569 g/mol. The SMILES string of the molecule is Fc1ccc(-c2cc(-c3ccc4oc5ccccc5c4c3)cc(-c3cc(-c4ccccc4)nc(-c4ccccc4)n3)c2)cc1. The molecule has 0 radical (unpaired) electrons. The van der Waals surface area contributed by atoms with E-state index in [1.165, 1.54) is 12.1 Å². The van der Waals surface area contributed by atoms with Crippen LogP contribution in [-0.2, 0) is 0 Å². The van der Waals surface area contributed by atoms with Crippen molar-refractivity contribution in [1.82, 2.24) is 9.97 Å². The van der Waals surface area contributed by atoms with Crippen LogP contribution in [0.5, 0.6) is 0 Å². The third-order valence-electron chi connectivity index (χ3n) is 7.94. The number of halogens is 1. The topological polar surface area (TPSA) is 38.9 Å². The summed E-state index contributed by atoms with van der Waals surface area (Å²) in [5, 5.41) is 2.14. The summed E-state index contributed by atoms with van der Waals surface area (Å²) >= 11 is 0. The molecule has 0 aliphatic heterocycles. The van der Waals surface area contributed by atoms with E-state index < -0.39 is 0 Å². The Kier molecular flexibility index (Phi) is 6.31. The molecule has 208 valence electrons. The van der Waals surface area contributed by atoms with Crippen molar-refractivity contribution in [2.24, 2.45) is 0 Å². The molecule has 6 aromatic carbocycles. The van der Waals surface area contributed by atoms with Gasteiger partial charge in [0.25, 0.3) is 0 Å². The van der Waals surface area contributed by atoms with Crippen LogP contribution in [0.4, 0.5) is 4.39 Å². The summed E-state index contributed by atoms with van der Waals surface area (Å²) in [4.78, 5) is 10.0. The average Bonchev–Trinajstić information content (AvgIpc) is 3.47. The number of nitrogens with zero attached hydrogens (tertiary/aromatic N) is 2. The Hall–Kier alpha value is -5.87. The van der Waals surface area contributed by atoms with Crippen molar-refractivity contribution >= 4 is 21.9 Å². The molecule has 0 fully saturated rings. The van der Waals surface area contributed by atoms with Crippen LogP contribution in [0.3, 0.4) is 0 Å². The molecule has 0 bridgehead atoms. The van der Waals surface area contributed by atoms with Crippen LogP contribution in [0, 0.1) is 5.82 Å². The minimum Gasteiger partial charge on any atom is -0.456 e. The first kappa shape index (κ1) is 25.8. The highest BCUT2D eigenvalue weighted by Crippen LogP contribution is 2.37. The van der Waals surface area contributed by atoms with Crippen LogP contribution >= 0.6 is 0 Å². The lowest BCUT2D eigenvalue weighted by Crippen LogP contribution is -1.96. The molecule has 0 atom stereocenters. The zero-order chi connectivity index (χ0) is 29.5. The molecule has 8 rings (SSSR count). The van der Waals surface area contributed by atoms with Gasteiger partial charge in [-0.3, -0.25) is 0 Å². The lowest BCUT2D eigenvalue weighted by Gasteiger charge is -2.13. The summed E-state index contributed by atoms with van der Waals surface area (Å²) in [7, 11) is 0. The number of hydrogen-bond donors (Lipinski definition) is 0. The van der Waals surface area contributed by atoms with E-state index in [1.54, 1.807) is 0 Å². The maximum Gasteiger partial charge on any atom is 0.160 e. The minimum atomic E-state index is -0.266. The summed E-state index contributed by atoms with van der Waals surface area (Å²) in [6.07, 6.45) is 0. The monoisotopic (exact) mass is 568 g/mol. The number of hydrogen-bond acceptors (Lipinski definition) is 3. The molecule has 0 spiro atoms. The lowest BCUT2D eigenvalue weighted by atomic mass is 9.94. The maximum absolute atomic E-state index is 13.9. The van der Waals surface area contributed by atoms with Gasteiger partial charge in [-0.05, 0) is 76.9 Å². The molecule has 0 aliphatic carbocycles. The summed E-state index contributed by atoms with van der Waals surface area (Å²) in [6, 6.07) is 49.7. The van der Waals surface area contributed by atoms with Crippen molar-refractivity contribution in [3.8, 4) is 56.2 Å². The van der Waals surface area contributed by atoms with Crippen LogP contribution in [-0.4, -0.2) is 9.97 Å². The molecule has 2 heterocycles. The molecule has 0 N–H and O–H groups in total. The third-order valence-corrected chi connectivity index (χ3v) is 7.94. The van der Waals surface area contributed by atoms with E-state index in [1.807, 2.05) is 91.0 Å². The van der Waals surface area contributed by atoms with Gasteiger partial charge < -0.3 is 4.42 Å². The van der Waals surface area contributed by atoms with Crippen LogP contribution in [0.15, 0.2) is 156 Å². The lowest BCUT2D eigenvalue weighted by molar-refractivity contribution is 0.628. The molecule has 0 aliphatic rings. The number of para-hydroxylation sites is 1. The highest BCUT2D eigenvalue weighted by molar-refractivity contribution is 6.06. The van der Waals surface area contributed by atoms with Crippen LogP contribution in [0.25, 0.3) is 78.1 Å². The molecule has 0 saturated heterocycles. The Balaban J connectivity index is 1.35. The summed E-state index contributed by atoms with van der Waals surface area (Å²) < 4.78 is 20.0. The fourth-order valence-electron chi connectivity index (χ4n) is 5.73. The number of rotatable bonds is 5. The van der Waals surface area contributed by atoms with E-state index in [-0.39, 0.29) is 5.82 Å². The van der Waals surface area contributed by atoms with E-state index in [9.17, 15) is 4.39 Å². The minimum absolute atomic E-state index is 0.266.